The van der Waals surface area contributed by atoms with Crippen molar-refractivity contribution in [1.29, 1.82) is 0 Å². The molecule has 2 aromatic rings. The lowest BCUT2D eigenvalue weighted by Gasteiger charge is -2.33. The number of hydrogen-bond donors (Lipinski definition) is 1. The molecule has 1 unspecified atom stereocenters. The SMILES string of the molecule is CC1CN(C(=O)Nc2nnnn2C)CCC1=Cc1cccc(C(F)(F)F)c1. The number of piperidine rings is 1. The summed E-state index contributed by atoms with van der Waals surface area (Å²) in [5, 5.41) is 13.5. The van der Waals surface area contributed by atoms with Gasteiger partial charge in [0.1, 0.15) is 0 Å². The van der Waals surface area contributed by atoms with Gasteiger partial charge in [0.15, 0.2) is 0 Å². The molecule has 0 radical (unpaired) electrons. The van der Waals surface area contributed by atoms with Crippen LogP contribution in [-0.4, -0.2) is 44.2 Å². The average molecular weight is 380 g/mol. The van der Waals surface area contributed by atoms with E-state index in [0.717, 1.165) is 17.7 Å². The van der Waals surface area contributed by atoms with E-state index in [9.17, 15) is 18.0 Å². The lowest BCUT2D eigenvalue weighted by Crippen LogP contribution is -2.42. The van der Waals surface area contributed by atoms with Gasteiger partial charge in [-0.3, -0.25) is 5.32 Å². The summed E-state index contributed by atoms with van der Waals surface area (Å²) >= 11 is 0. The van der Waals surface area contributed by atoms with Gasteiger partial charge >= 0.3 is 12.2 Å². The number of hydrogen-bond acceptors (Lipinski definition) is 4. The molecule has 10 heteroatoms. The Morgan fingerprint density at radius 2 is 2.15 bits per heavy atom. The summed E-state index contributed by atoms with van der Waals surface area (Å²) in [4.78, 5) is 14.0. The monoisotopic (exact) mass is 380 g/mol. The van der Waals surface area contributed by atoms with E-state index in [1.807, 2.05) is 6.92 Å². The van der Waals surface area contributed by atoms with Crippen LogP contribution in [-0.2, 0) is 13.2 Å². The summed E-state index contributed by atoms with van der Waals surface area (Å²) in [6.07, 6.45) is -2.00. The fraction of sp³-hybridized carbons (Fsp3) is 0.412. The number of amides is 2. The first-order chi connectivity index (χ1) is 12.7. The van der Waals surface area contributed by atoms with Crippen LogP contribution in [0.4, 0.5) is 23.9 Å². The van der Waals surface area contributed by atoms with Gasteiger partial charge in [-0.25, -0.2) is 9.48 Å². The Morgan fingerprint density at radius 3 is 2.78 bits per heavy atom. The summed E-state index contributed by atoms with van der Waals surface area (Å²) in [6.45, 7) is 2.87. The molecule has 1 aromatic carbocycles. The van der Waals surface area contributed by atoms with Crippen molar-refractivity contribution in [1.82, 2.24) is 25.1 Å². The number of likely N-dealkylation sites (tertiary alicyclic amines) is 1. The molecular formula is C17H19F3N6O. The zero-order valence-corrected chi connectivity index (χ0v) is 14.9. The van der Waals surface area contributed by atoms with Crippen LogP contribution in [0.5, 0.6) is 0 Å². The standard InChI is InChI=1S/C17H19F3N6O/c1-11-10-26(16(27)21-15-22-23-24-25(15)2)7-6-13(11)8-12-4-3-5-14(9-12)17(18,19)20/h3-5,8-9,11H,6-7,10H2,1-2H3,(H,21,22,24,27). The van der Waals surface area contributed by atoms with Crippen LogP contribution in [0, 0.1) is 5.92 Å². The first-order valence-electron chi connectivity index (χ1n) is 8.40. The van der Waals surface area contributed by atoms with Crippen molar-refractivity contribution in [2.75, 3.05) is 18.4 Å². The van der Waals surface area contributed by atoms with Crippen LogP contribution in [0.3, 0.4) is 0 Å². The van der Waals surface area contributed by atoms with E-state index in [0.29, 0.717) is 25.1 Å². The second kappa shape index (κ2) is 7.37. The first-order valence-corrected chi connectivity index (χ1v) is 8.40. The number of tetrazole rings is 1. The van der Waals surface area contributed by atoms with Crippen molar-refractivity contribution < 1.29 is 18.0 Å². The maximum atomic E-state index is 12.9. The van der Waals surface area contributed by atoms with Crippen molar-refractivity contribution in [3.63, 3.8) is 0 Å². The highest BCUT2D eigenvalue weighted by Gasteiger charge is 2.30. The van der Waals surface area contributed by atoms with Gasteiger partial charge in [-0.05, 0) is 40.5 Å². The van der Waals surface area contributed by atoms with Crippen molar-refractivity contribution in [3.05, 3.63) is 41.0 Å². The molecule has 0 spiro atoms. The number of aromatic nitrogens is 4. The van der Waals surface area contributed by atoms with E-state index in [2.05, 4.69) is 20.8 Å². The summed E-state index contributed by atoms with van der Waals surface area (Å²) in [7, 11) is 1.62. The number of aryl methyl sites for hydroxylation is 1. The highest BCUT2D eigenvalue weighted by Crippen LogP contribution is 2.31. The quantitative estimate of drug-likeness (QED) is 0.868. The molecule has 1 aliphatic heterocycles. The van der Waals surface area contributed by atoms with E-state index < -0.39 is 11.7 Å². The summed E-state index contributed by atoms with van der Waals surface area (Å²) in [5.74, 6) is 0.273. The Kier molecular flexibility index (Phi) is 5.15. The lowest BCUT2D eigenvalue weighted by molar-refractivity contribution is -0.137. The fourth-order valence-electron chi connectivity index (χ4n) is 2.98. The Bertz CT molecular complexity index is 860. The van der Waals surface area contributed by atoms with Gasteiger partial charge in [-0.1, -0.05) is 35.8 Å². The lowest BCUT2D eigenvalue weighted by atomic mass is 9.91. The maximum absolute atomic E-state index is 12.9. The molecule has 7 nitrogen and oxygen atoms in total. The molecule has 1 saturated heterocycles. The van der Waals surface area contributed by atoms with E-state index in [1.54, 1.807) is 24.1 Å². The van der Waals surface area contributed by atoms with Gasteiger partial charge in [0.25, 0.3) is 5.95 Å². The molecule has 2 amide bonds. The van der Waals surface area contributed by atoms with E-state index >= 15 is 0 Å². The molecule has 3 rings (SSSR count). The number of nitrogens with zero attached hydrogens (tertiary/aromatic N) is 5. The molecule has 27 heavy (non-hydrogen) atoms. The summed E-state index contributed by atoms with van der Waals surface area (Å²) in [6, 6.07) is 4.93. The molecule has 0 saturated carbocycles. The topological polar surface area (TPSA) is 75.9 Å². The molecule has 1 aliphatic rings. The van der Waals surface area contributed by atoms with E-state index in [-0.39, 0.29) is 17.9 Å². The van der Waals surface area contributed by atoms with Crippen LogP contribution in [0.1, 0.15) is 24.5 Å². The van der Waals surface area contributed by atoms with Gasteiger partial charge in [-0.15, -0.1) is 0 Å². The third-order valence-electron chi connectivity index (χ3n) is 4.49. The highest BCUT2D eigenvalue weighted by atomic mass is 19.4. The number of rotatable bonds is 2. The average Bonchev–Trinajstić information content (AvgIpc) is 3.01. The molecule has 0 aliphatic carbocycles. The Labute approximate surface area is 153 Å². The molecule has 1 atom stereocenters. The number of carbonyl (C=O) groups is 1. The highest BCUT2D eigenvalue weighted by molar-refractivity contribution is 5.87. The van der Waals surface area contributed by atoms with Crippen molar-refractivity contribution in [2.45, 2.75) is 19.5 Å². The molecule has 144 valence electrons. The maximum Gasteiger partial charge on any atom is 0.416 e. The van der Waals surface area contributed by atoms with Crippen molar-refractivity contribution in [3.8, 4) is 0 Å². The number of anilines is 1. The molecule has 1 aromatic heterocycles. The molecule has 1 fully saturated rings. The minimum atomic E-state index is -4.36. The Morgan fingerprint density at radius 1 is 1.37 bits per heavy atom. The summed E-state index contributed by atoms with van der Waals surface area (Å²) in [5.41, 5.74) is 0.854. The second-order valence-electron chi connectivity index (χ2n) is 6.50. The molecule has 0 bridgehead atoms. The largest absolute Gasteiger partial charge is 0.416 e. The van der Waals surface area contributed by atoms with Gasteiger partial charge in [0.2, 0.25) is 0 Å². The van der Waals surface area contributed by atoms with E-state index in [1.165, 1.54) is 10.7 Å². The minimum absolute atomic E-state index is 0.0247. The minimum Gasteiger partial charge on any atom is -0.324 e. The van der Waals surface area contributed by atoms with Gasteiger partial charge < -0.3 is 4.90 Å². The molecule has 1 N–H and O–H groups in total. The third-order valence-corrected chi connectivity index (χ3v) is 4.49. The predicted octanol–water partition coefficient (Wildman–Crippen LogP) is 3.19. The number of nitrogens with one attached hydrogen (secondary N) is 1. The second-order valence-corrected chi connectivity index (χ2v) is 6.50. The van der Waals surface area contributed by atoms with Crippen molar-refractivity contribution in [2.24, 2.45) is 13.0 Å². The van der Waals surface area contributed by atoms with Crippen LogP contribution >= 0.6 is 0 Å². The number of benzene rings is 1. The number of alkyl halides is 3. The number of carbonyl (C=O) groups excluding carboxylic acids is 1. The predicted molar refractivity (Wildman–Crippen MR) is 92.6 cm³/mol. The van der Waals surface area contributed by atoms with Crippen LogP contribution in [0.25, 0.3) is 6.08 Å². The van der Waals surface area contributed by atoms with Crippen LogP contribution < -0.4 is 5.32 Å². The summed E-state index contributed by atoms with van der Waals surface area (Å²) < 4.78 is 39.9. The van der Waals surface area contributed by atoms with Crippen LogP contribution in [0.2, 0.25) is 0 Å². The van der Waals surface area contributed by atoms with Gasteiger partial charge in [0, 0.05) is 20.1 Å². The first kappa shape index (κ1) is 18.9. The number of urea groups is 1. The van der Waals surface area contributed by atoms with Gasteiger partial charge in [-0.2, -0.15) is 13.2 Å². The molecule has 2 heterocycles. The van der Waals surface area contributed by atoms with Gasteiger partial charge in [0.05, 0.1) is 5.56 Å². The third kappa shape index (κ3) is 4.44. The zero-order chi connectivity index (χ0) is 19.6. The number of halogens is 3. The smallest absolute Gasteiger partial charge is 0.324 e. The fourth-order valence-corrected chi connectivity index (χ4v) is 2.98. The van der Waals surface area contributed by atoms with Crippen LogP contribution in [0.15, 0.2) is 29.8 Å². The Hall–Kier alpha value is -2.91. The van der Waals surface area contributed by atoms with Crippen molar-refractivity contribution >= 4 is 18.1 Å². The normalized spacial score (nSPS) is 19.4. The Balaban J connectivity index is 1.67. The zero-order valence-electron chi connectivity index (χ0n) is 14.9. The molecular weight excluding hydrogens is 361 g/mol. The van der Waals surface area contributed by atoms with E-state index in [4.69, 9.17) is 0 Å².